The van der Waals surface area contributed by atoms with E-state index in [-0.39, 0.29) is 23.4 Å². The van der Waals surface area contributed by atoms with Gasteiger partial charge >= 0.3 is 5.97 Å². The van der Waals surface area contributed by atoms with Gasteiger partial charge in [-0.2, -0.15) is 0 Å². The van der Waals surface area contributed by atoms with Gasteiger partial charge in [0.15, 0.2) is 0 Å². The number of esters is 1. The van der Waals surface area contributed by atoms with E-state index in [1.807, 2.05) is 6.92 Å². The first-order chi connectivity index (χ1) is 11.5. The fourth-order valence-electron chi connectivity index (χ4n) is 4.15. The predicted molar refractivity (Wildman–Crippen MR) is 95.7 cm³/mol. The summed E-state index contributed by atoms with van der Waals surface area (Å²) in [6, 6.07) is 0. The average molecular weight is 354 g/mol. The fraction of sp³-hybridized carbons (Fsp3) is 0.850. The molecule has 1 saturated carbocycles. The van der Waals surface area contributed by atoms with Crippen LogP contribution >= 0.6 is 0 Å². The monoisotopic (exact) mass is 354 g/mol. The first-order valence-corrected chi connectivity index (χ1v) is 9.38. The number of rotatable bonds is 5. The Bertz CT molecular complexity index is 504. The number of methoxy groups -OCH3 is 1. The minimum absolute atomic E-state index is 0.184. The fourth-order valence-corrected chi connectivity index (χ4v) is 4.15. The summed E-state index contributed by atoms with van der Waals surface area (Å²) in [5.74, 6) is -0.637. The highest BCUT2D eigenvalue weighted by Crippen LogP contribution is 2.50. The van der Waals surface area contributed by atoms with Crippen molar-refractivity contribution < 1.29 is 24.4 Å². The molecule has 1 saturated heterocycles. The third-order valence-electron chi connectivity index (χ3n) is 6.46. The van der Waals surface area contributed by atoms with Gasteiger partial charge in [0, 0.05) is 0 Å². The molecular weight excluding hydrogens is 320 g/mol. The first kappa shape index (κ1) is 20.4. The number of carbonyl (C=O) groups is 1. The van der Waals surface area contributed by atoms with E-state index in [1.54, 1.807) is 6.92 Å². The molecule has 4 atom stereocenters. The molecule has 0 aromatic rings. The van der Waals surface area contributed by atoms with E-state index in [9.17, 15) is 9.90 Å². The van der Waals surface area contributed by atoms with Crippen LogP contribution in [0.15, 0.2) is 12.2 Å². The molecule has 2 rings (SSSR count). The standard InChI is InChI=1S/C20H34O5/c1-14-8-7-10-18(3,4)20(14,22)13-12-19(5)11-9-16(24-25-19)15(2)17(21)23-6/h15-16,22H,1,7-13H2,2-6H3/t15-,16?,19+,20?/m0/s1. The largest absolute Gasteiger partial charge is 0.469 e. The normalized spacial score (nSPS) is 36.7. The Morgan fingerprint density at radius 2 is 2.04 bits per heavy atom. The summed E-state index contributed by atoms with van der Waals surface area (Å²) in [5, 5.41) is 11.3. The Morgan fingerprint density at radius 3 is 2.56 bits per heavy atom. The topological polar surface area (TPSA) is 65.0 Å². The van der Waals surface area contributed by atoms with Crippen molar-refractivity contribution in [2.75, 3.05) is 7.11 Å². The second-order valence-electron chi connectivity index (χ2n) is 8.72. The van der Waals surface area contributed by atoms with E-state index >= 15 is 0 Å². The van der Waals surface area contributed by atoms with Crippen LogP contribution in [-0.4, -0.2) is 35.5 Å². The van der Waals surface area contributed by atoms with Crippen LogP contribution in [0.2, 0.25) is 0 Å². The molecular formula is C20H34O5. The molecule has 1 aliphatic heterocycles. The Labute approximate surface area is 151 Å². The molecule has 5 heteroatoms. The van der Waals surface area contributed by atoms with Crippen LogP contribution in [0.3, 0.4) is 0 Å². The van der Waals surface area contributed by atoms with Crippen molar-refractivity contribution in [1.29, 1.82) is 0 Å². The summed E-state index contributed by atoms with van der Waals surface area (Å²) in [4.78, 5) is 22.9. The number of carbonyl (C=O) groups excluding carboxylic acids is 1. The first-order valence-electron chi connectivity index (χ1n) is 9.38. The highest BCUT2D eigenvalue weighted by Gasteiger charge is 2.49. The van der Waals surface area contributed by atoms with Gasteiger partial charge in [0.2, 0.25) is 0 Å². The maximum atomic E-state index is 11.7. The molecule has 0 spiro atoms. The van der Waals surface area contributed by atoms with Crippen molar-refractivity contribution in [1.82, 2.24) is 0 Å². The molecule has 5 nitrogen and oxygen atoms in total. The molecule has 2 unspecified atom stereocenters. The number of ether oxygens (including phenoxy) is 1. The van der Waals surface area contributed by atoms with E-state index in [1.165, 1.54) is 7.11 Å². The van der Waals surface area contributed by atoms with Crippen molar-refractivity contribution in [3.8, 4) is 0 Å². The SMILES string of the molecule is C=C1CCCC(C)(C)C1(O)CC[C@@]1(C)CCC([C@H](C)C(=O)OC)OO1. The lowest BCUT2D eigenvalue weighted by molar-refractivity contribution is -0.412. The summed E-state index contributed by atoms with van der Waals surface area (Å²) in [6.07, 6.45) is 5.48. The van der Waals surface area contributed by atoms with Gasteiger partial charge in [0.1, 0.15) is 11.7 Å². The van der Waals surface area contributed by atoms with Crippen LogP contribution in [0, 0.1) is 11.3 Å². The van der Waals surface area contributed by atoms with E-state index < -0.39 is 11.2 Å². The molecule has 0 radical (unpaired) electrons. The van der Waals surface area contributed by atoms with E-state index in [0.29, 0.717) is 12.8 Å². The maximum Gasteiger partial charge on any atom is 0.311 e. The number of hydrogen-bond acceptors (Lipinski definition) is 5. The van der Waals surface area contributed by atoms with Crippen LogP contribution in [0.4, 0.5) is 0 Å². The highest BCUT2D eigenvalue weighted by atomic mass is 17.2. The van der Waals surface area contributed by atoms with Gasteiger partial charge < -0.3 is 9.84 Å². The summed E-state index contributed by atoms with van der Waals surface area (Å²) >= 11 is 0. The van der Waals surface area contributed by atoms with E-state index in [2.05, 4.69) is 20.4 Å². The molecule has 144 valence electrons. The lowest BCUT2D eigenvalue weighted by Gasteiger charge is -2.49. The zero-order valence-electron chi connectivity index (χ0n) is 16.4. The number of aliphatic hydroxyl groups is 1. The third-order valence-corrected chi connectivity index (χ3v) is 6.46. The smallest absolute Gasteiger partial charge is 0.311 e. The van der Waals surface area contributed by atoms with Crippen LogP contribution in [0.25, 0.3) is 0 Å². The lowest BCUT2D eigenvalue weighted by Crippen LogP contribution is -2.50. The van der Waals surface area contributed by atoms with Gasteiger partial charge in [0.05, 0.1) is 18.6 Å². The molecule has 0 aromatic carbocycles. The molecule has 1 heterocycles. The summed E-state index contributed by atoms with van der Waals surface area (Å²) in [6.45, 7) is 12.2. The summed E-state index contributed by atoms with van der Waals surface area (Å²) < 4.78 is 4.77. The predicted octanol–water partition coefficient (Wildman–Crippen LogP) is 3.94. The van der Waals surface area contributed by atoms with Gasteiger partial charge in [-0.05, 0) is 69.8 Å². The molecule has 0 bridgehead atoms. The third kappa shape index (κ3) is 4.09. The second-order valence-corrected chi connectivity index (χ2v) is 8.72. The Balaban J connectivity index is 1.95. The van der Waals surface area contributed by atoms with Gasteiger partial charge in [-0.15, -0.1) is 0 Å². The minimum atomic E-state index is -0.867. The molecule has 0 aromatic heterocycles. The molecule has 1 aliphatic carbocycles. The molecule has 1 N–H and O–H groups in total. The van der Waals surface area contributed by atoms with Crippen LogP contribution in [0.5, 0.6) is 0 Å². The van der Waals surface area contributed by atoms with Crippen molar-refractivity contribution >= 4 is 5.97 Å². The lowest BCUT2D eigenvalue weighted by atomic mass is 9.61. The van der Waals surface area contributed by atoms with Crippen molar-refractivity contribution in [3.05, 3.63) is 12.2 Å². The minimum Gasteiger partial charge on any atom is -0.469 e. The van der Waals surface area contributed by atoms with Crippen LogP contribution < -0.4 is 0 Å². The Morgan fingerprint density at radius 1 is 1.36 bits per heavy atom. The van der Waals surface area contributed by atoms with Gasteiger partial charge in [-0.1, -0.05) is 20.4 Å². The summed E-state index contributed by atoms with van der Waals surface area (Å²) in [5.41, 5.74) is -0.582. The van der Waals surface area contributed by atoms with E-state index in [0.717, 1.165) is 37.7 Å². The average Bonchev–Trinajstić information content (AvgIpc) is 2.57. The van der Waals surface area contributed by atoms with Crippen molar-refractivity contribution in [2.45, 2.75) is 89.9 Å². The van der Waals surface area contributed by atoms with Crippen LogP contribution in [-0.2, 0) is 19.3 Å². The maximum absolute atomic E-state index is 11.7. The quantitative estimate of drug-likeness (QED) is 0.460. The van der Waals surface area contributed by atoms with Gasteiger partial charge in [-0.3, -0.25) is 4.79 Å². The summed E-state index contributed by atoms with van der Waals surface area (Å²) in [7, 11) is 1.38. The molecule has 2 fully saturated rings. The zero-order chi connectivity index (χ0) is 18.9. The van der Waals surface area contributed by atoms with Gasteiger partial charge in [0.25, 0.3) is 0 Å². The van der Waals surface area contributed by atoms with Gasteiger partial charge in [-0.25, -0.2) is 9.78 Å². The second kappa shape index (κ2) is 7.37. The van der Waals surface area contributed by atoms with Crippen molar-refractivity contribution in [2.24, 2.45) is 11.3 Å². The number of hydrogen-bond donors (Lipinski definition) is 1. The Kier molecular flexibility index (Phi) is 6.02. The molecule has 2 aliphatic rings. The molecule has 25 heavy (non-hydrogen) atoms. The molecule has 0 amide bonds. The van der Waals surface area contributed by atoms with Crippen molar-refractivity contribution in [3.63, 3.8) is 0 Å². The van der Waals surface area contributed by atoms with Crippen LogP contribution in [0.1, 0.15) is 72.6 Å². The Hall–Kier alpha value is -0.910. The zero-order valence-corrected chi connectivity index (χ0v) is 16.4. The van der Waals surface area contributed by atoms with E-state index in [4.69, 9.17) is 14.5 Å². The highest BCUT2D eigenvalue weighted by molar-refractivity contribution is 5.72.